The van der Waals surface area contributed by atoms with Gasteiger partial charge in [-0.1, -0.05) is 23.2 Å². The third-order valence-corrected chi connectivity index (χ3v) is 4.10. The minimum atomic E-state index is -0.561. The Hall–Kier alpha value is -1.52. The minimum Gasteiger partial charge on any atom is -0.240 e. The number of halogens is 4. The van der Waals surface area contributed by atoms with Gasteiger partial charge >= 0.3 is 0 Å². The van der Waals surface area contributed by atoms with Gasteiger partial charge in [0.25, 0.3) is 0 Å². The first-order valence-corrected chi connectivity index (χ1v) is 6.56. The molecule has 6 heteroatoms. The summed E-state index contributed by atoms with van der Waals surface area (Å²) < 4.78 is 28.0. The van der Waals surface area contributed by atoms with Crippen LogP contribution in [-0.4, -0.2) is 9.97 Å². The summed E-state index contributed by atoms with van der Waals surface area (Å²) >= 11 is 12.2. The van der Waals surface area contributed by atoms with Crippen molar-refractivity contribution in [1.29, 1.82) is 0 Å². The number of hydrogen-bond acceptors (Lipinski definition) is 2. The molecule has 1 aromatic heterocycles. The van der Waals surface area contributed by atoms with E-state index in [1.807, 2.05) is 0 Å². The predicted molar refractivity (Wildman–Crippen MR) is 76.5 cm³/mol. The average molecular weight is 313 g/mol. The van der Waals surface area contributed by atoms with E-state index in [1.54, 1.807) is 13.8 Å². The summed E-state index contributed by atoms with van der Waals surface area (Å²) in [6, 6.07) is 2.54. The Balaban J connectivity index is 2.60. The van der Waals surface area contributed by atoms with E-state index in [1.165, 1.54) is 12.1 Å². The van der Waals surface area contributed by atoms with Crippen LogP contribution in [0.1, 0.15) is 11.1 Å². The van der Waals surface area contributed by atoms with Gasteiger partial charge in [0.2, 0.25) is 0 Å². The number of benzene rings is 2. The Labute approximate surface area is 123 Å². The zero-order valence-electron chi connectivity index (χ0n) is 10.6. The molecule has 0 aliphatic heterocycles. The molecule has 0 radical (unpaired) electrons. The number of fused-ring (bicyclic) bond motifs is 2. The van der Waals surface area contributed by atoms with E-state index in [-0.39, 0.29) is 32.1 Å². The van der Waals surface area contributed by atoms with Crippen LogP contribution in [0, 0.1) is 25.5 Å². The van der Waals surface area contributed by atoms with Gasteiger partial charge in [0.05, 0.1) is 10.0 Å². The molecule has 3 aromatic rings. The van der Waals surface area contributed by atoms with E-state index in [0.29, 0.717) is 11.1 Å². The predicted octanol–water partition coefficient (Wildman–Crippen LogP) is 4.98. The molecule has 0 fully saturated rings. The molecule has 0 N–H and O–H groups in total. The fourth-order valence-corrected chi connectivity index (χ4v) is 2.46. The number of rotatable bonds is 0. The van der Waals surface area contributed by atoms with Crippen molar-refractivity contribution < 1.29 is 8.78 Å². The zero-order valence-corrected chi connectivity index (χ0v) is 12.1. The Morgan fingerprint density at radius 3 is 1.45 bits per heavy atom. The zero-order chi connectivity index (χ0) is 14.6. The highest BCUT2D eigenvalue weighted by Crippen LogP contribution is 2.32. The van der Waals surface area contributed by atoms with E-state index >= 15 is 0 Å². The molecule has 0 aliphatic rings. The summed E-state index contributed by atoms with van der Waals surface area (Å²) in [5, 5.41) is 0.513. The summed E-state index contributed by atoms with van der Waals surface area (Å²) in [6.45, 7) is 3.30. The highest BCUT2D eigenvalue weighted by atomic mass is 35.5. The molecule has 0 spiro atoms. The van der Waals surface area contributed by atoms with Crippen LogP contribution in [0.25, 0.3) is 22.1 Å². The van der Waals surface area contributed by atoms with Crippen LogP contribution in [0.2, 0.25) is 10.0 Å². The van der Waals surface area contributed by atoms with Gasteiger partial charge in [-0.15, -0.1) is 0 Å². The molecule has 0 amide bonds. The van der Waals surface area contributed by atoms with E-state index in [9.17, 15) is 8.78 Å². The first-order valence-electron chi connectivity index (χ1n) is 5.81. The van der Waals surface area contributed by atoms with Crippen molar-refractivity contribution in [3.8, 4) is 0 Å². The van der Waals surface area contributed by atoms with Crippen molar-refractivity contribution in [1.82, 2.24) is 9.97 Å². The van der Waals surface area contributed by atoms with Crippen molar-refractivity contribution in [3.63, 3.8) is 0 Å². The lowest BCUT2D eigenvalue weighted by atomic mass is 10.1. The third kappa shape index (κ3) is 1.83. The standard InChI is InChI=1S/C14H8Cl2F2N2/c1-5-3-7(17)11-13(9(5)15)19-12-8(18)4-6(2)10(16)14(12)20-11/h3-4H,1-2H3. The third-order valence-electron chi connectivity index (χ3n) is 3.14. The van der Waals surface area contributed by atoms with Crippen molar-refractivity contribution in [2.75, 3.05) is 0 Å². The first-order chi connectivity index (χ1) is 9.40. The molecule has 0 atom stereocenters. The Morgan fingerprint density at radius 2 is 1.10 bits per heavy atom. The SMILES string of the molecule is Cc1cc(F)c2nc3c(Cl)c(C)cc(F)c3nc2c1Cl. The molecule has 3 rings (SSSR count). The van der Waals surface area contributed by atoms with Crippen molar-refractivity contribution >= 4 is 45.3 Å². The van der Waals surface area contributed by atoms with Gasteiger partial charge in [-0.25, -0.2) is 18.7 Å². The Bertz CT molecular complexity index is 805. The lowest BCUT2D eigenvalue weighted by Gasteiger charge is -2.09. The minimum absolute atomic E-state index is 0.0139. The van der Waals surface area contributed by atoms with Crippen LogP contribution in [0.15, 0.2) is 12.1 Å². The van der Waals surface area contributed by atoms with Gasteiger partial charge in [0.15, 0.2) is 11.6 Å². The summed E-state index contributed by atoms with van der Waals surface area (Å²) in [5.41, 5.74) is 1.28. The van der Waals surface area contributed by atoms with Crippen LogP contribution in [0.3, 0.4) is 0 Å². The van der Waals surface area contributed by atoms with Crippen LogP contribution in [0.4, 0.5) is 8.78 Å². The smallest absolute Gasteiger partial charge is 0.151 e. The molecule has 0 unspecified atom stereocenters. The van der Waals surface area contributed by atoms with Crippen LogP contribution >= 0.6 is 23.2 Å². The number of nitrogens with zero attached hydrogens (tertiary/aromatic N) is 2. The van der Waals surface area contributed by atoms with Crippen molar-refractivity contribution in [2.24, 2.45) is 0 Å². The second-order valence-electron chi connectivity index (χ2n) is 4.60. The van der Waals surface area contributed by atoms with Gasteiger partial charge in [-0.05, 0) is 37.1 Å². The average Bonchev–Trinajstić information content (AvgIpc) is 2.41. The maximum absolute atomic E-state index is 14.0. The van der Waals surface area contributed by atoms with Crippen LogP contribution in [0.5, 0.6) is 0 Å². The molecule has 0 aliphatic carbocycles. The summed E-state index contributed by atoms with van der Waals surface area (Å²) in [4.78, 5) is 8.21. The molecule has 1 heterocycles. The lowest BCUT2D eigenvalue weighted by molar-refractivity contribution is 0.632. The number of aryl methyl sites for hydroxylation is 2. The molecule has 2 nitrogen and oxygen atoms in total. The Morgan fingerprint density at radius 1 is 0.750 bits per heavy atom. The van der Waals surface area contributed by atoms with Crippen molar-refractivity contribution in [3.05, 3.63) is 44.9 Å². The molecule has 0 saturated heterocycles. The van der Waals surface area contributed by atoms with E-state index in [0.717, 1.165) is 0 Å². The molecule has 0 saturated carbocycles. The van der Waals surface area contributed by atoms with E-state index in [4.69, 9.17) is 23.2 Å². The fraction of sp³-hybridized carbons (Fsp3) is 0.143. The van der Waals surface area contributed by atoms with Gasteiger partial charge in [0, 0.05) is 0 Å². The maximum atomic E-state index is 14.0. The summed E-state index contributed by atoms with van der Waals surface area (Å²) in [6.07, 6.45) is 0. The lowest BCUT2D eigenvalue weighted by Crippen LogP contribution is -1.97. The maximum Gasteiger partial charge on any atom is 0.151 e. The number of hydrogen-bond donors (Lipinski definition) is 0. The monoisotopic (exact) mass is 312 g/mol. The highest BCUT2D eigenvalue weighted by Gasteiger charge is 2.17. The van der Waals surface area contributed by atoms with E-state index < -0.39 is 11.6 Å². The molecule has 102 valence electrons. The van der Waals surface area contributed by atoms with E-state index in [2.05, 4.69) is 9.97 Å². The van der Waals surface area contributed by atoms with Crippen LogP contribution in [-0.2, 0) is 0 Å². The summed E-state index contributed by atoms with van der Waals surface area (Å²) in [5.74, 6) is -1.12. The number of aromatic nitrogens is 2. The molecular formula is C14H8Cl2F2N2. The summed E-state index contributed by atoms with van der Waals surface area (Å²) in [7, 11) is 0. The van der Waals surface area contributed by atoms with Crippen LogP contribution < -0.4 is 0 Å². The fourth-order valence-electron chi connectivity index (χ4n) is 2.09. The topological polar surface area (TPSA) is 25.8 Å². The first kappa shape index (κ1) is 13.5. The second kappa shape index (κ2) is 4.50. The second-order valence-corrected chi connectivity index (χ2v) is 5.35. The molecular weight excluding hydrogens is 305 g/mol. The van der Waals surface area contributed by atoms with Gasteiger partial charge in [-0.2, -0.15) is 0 Å². The van der Waals surface area contributed by atoms with Gasteiger partial charge < -0.3 is 0 Å². The molecule has 0 bridgehead atoms. The van der Waals surface area contributed by atoms with Gasteiger partial charge in [0.1, 0.15) is 22.1 Å². The molecule has 20 heavy (non-hydrogen) atoms. The van der Waals surface area contributed by atoms with Crippen molar-refractivity contribution in [2.45, 2.75) is 13.8 Å². The Kier molecular flexibility index (Phi) is 3.03. The quantitative estimate of drug-likeness (QED) is 0.547. The normalized spacial score (nSPS) is 11.5. The highest BCUT2D eigenvalue weighted by molar-refractivity contribution is 6.37. The molecule has 2 aromatic carbocycles. The van der Waals surface area contributed by atoms with Gasteiger partial charge in [-0.3, -0.25) is 0 Å². The largest absolute Gasteiger partial charge is 0.240 e.